The maximum absolute atomic E-state index is 11.4. The molecule has 7 N–H and O–H groups in total. The van der Waals surface area contributed by atoms with Gasteiger partial charge in [0, 0.05) is 25.2 Å². The summed E-state index contributed by atoms with van der Waals surface area (Å²) in [6.07, 6.45) is 0. The molecular formula is C44H51BrCl2LiN9O14S4. The van der Waals surface area contributed by atoms with Crippen molar-refractivity contribution in [3.8, 4) is 24.3 Å². The van der Waals surface area contributed by atoms with Crippen molar-refractivity contribution in [3.05, 3.63) is 108 Å². The number of thioether (sulfide) groups is 3. The quantitative estimate of drug-likeness (QED) is 0.0299. The first kappa shape index (κ1) is 76.1. The van der Waals surface area contributed by atoms with E-state index in [0.29, 0.717) is 48.5 Å². The van der Waals surface area contributed by atoms with Crippen molar-refractivity contribution in [2.24, 2.45) is 0 Å². The minimum absolute atomic E-state index is 0. The van der Waals surface area contributed by atoms with Crippen LogP contribution in [0.5, 0.6) is 0 Å². The first-order valence-corrected chi connectivity index (χ1v) is 25.1. The van der Waals surface area contributed by atoms with E-state index in [-0.39, 0.29) is 97.6 Å². The number of aromatic amines is 4. The molecule has 0 aliphatic carbocycles. The Balaban J connectivity index is -0.000000414. The summed E-state index contributed by atoms with van der Waals surface area (Å²) < 4.78 is 18.2. The number of rotatable bonds is 10. The summed E-state index contributed by atoms with van der Waals surface area (Å²) in [5, 5.41) is 48.5. The number of methoxy groups -OCH3 is 3. The number of nitriles is 4. The number of nitrogens with zero attached hydrogens (tertiary/aromatic N) is 4. The molecule has 1 fully saturated rings. The molecule has 75 heavy (non-hydrogen) atoms. The van der Waals surface area contributed by atoms with Gasteiger partial charge in [0.25, 0.3) is 11.1 Å². The normalized spacial score (nSPS) is 10.2. The first-order valence-electron chi connectivity index (χ1n) is 19.8. The zero-order valence-electron chi connectivity index (χ0n) is 40.7. The number of halogens is 3. The zero-order chi connectivity index (χ0) is 55.1. The van der Waals surface area contributed by atoms with Crippen molar-refractivity contribution in [2.45, 2.75) is 55.2 Å². The summed E-state index contributed by atoms with van der Waals surface area (Å²) in [5.41, 5.74) is 1.78. The number of H-pyrrole nitrogens is 4. The number of alkyl halides is 1. The van der Waals surface area contributed by atoms with Gasteiger partial charge in [-0.15, -0.1) is 12.6 Å². The van der Waals surface area contributed by atoms with Gasteiger partial charge in [0.2, 0.25) is 11.1 Å². The van der Waals surface area contributed by atoms with Crippen LogP contribution < -0.4 is 46.4 Å². The number of pyridine rings is 4. The number of morpholine rings is 1. The van der Waals surface area contributed by atoms with Gasteiger partial charge in [0.1, 0.15) is 39.7 Å². The Kier molecular flexibility index (Phi) is 42.4. The molecule has 5 heterocycles. The van der Waals surface area contributed by atoms with E-state index in [9.17, 15) is 38.4 Å². The Hall–Kier alpha value is -5.42. The second-order valence-electron chi connectivity index (χ2n) is 13.2. The van der Waals surface area contributed by atoms with E-state index >= 15 is 0 Å². The second-order valence-corrected chi connectivity index (χ2v) is 17.9. The monoisotopic (exact) mass is 1210 g/mol. The summed E-state index contributed by atoms with van der Waals surface area (Å²) in [6.45, 7) is 10.3. The van der Waals surface area contributed by atoms with Gasteiger partial charge >= 0.3 is 42.7 Å². The molecule has 0 aromatic carbocycles. The molecule has 0 spiro atoms. The third-order valence-electron chi connectivity index (χ3n) is 8.24. The average molecular weight is 1220 g/mol. The van der Waals surface area contributed by atoms with Gasteiger partial charge in [-0.1, -0.05) is 81.8 Å². The molecule has 0 amide bonds. The van der Waals surface area contributed by atoms with E-state index in [0.717, 1.165) is 61.6 Å². The van der Waals surface area contributed by atoms with Gasteiger partial charge < -0.3 is 54.8 Å². The number of aryl methyl sites for hydroxylation is 2. The van der Waals surface area contributed by atoms with Gasteiger partial charge in [-0.05, 0) is 49.9 Å². The summed E-state index contributed by atoms with van der Waals surface area (Å²) in [4.78, 5) is 96.7. The average Bonchev–Trinajstić information content (AvgIpc) is 3.36. The molecule has 0 radical (unpaired) electrons. The van der Waals surface area contributed by atoms with E-state index in [1.54, 1.807) is 27.7 Å². The van der Waals surface area contributed by atoms with E-state index in [1.807, 2.05) is 24.3 Å². The molecule has 0 unspecified atom stereocenters. The van der Waals surface area contributed by atoms with Crippen molar-refractivity contribution in [2.75, 3.05) is 70.2 Å². The predicted octanol–water partition coefficient (Wildman–Crippen LogP) is 2.15. The summed E-state index contributed by atoms with van der Waals surface area (Å²) in [6, 6.07) is 10.5. The molecule has 4 aromatic heterocycles. The number of hydrogen-bond donors (Lipinski definition) is 7. The summed E-state index contributed by atoms with van der Waals surface area (Å²) in [5.74, 6) is -2.26. The van der Waals surface area contributed by atoms with E-state index in [1.165, 1.54) is 33.5 Å². The summed E-state index contributed by atoms with van der Waals surface area (Å²) >= 11 is 21.2. The number of hydrogen-bond acceptors (Lipinski definition) is 22. The largest absolute Gasteiger partial charge is 1.00 e. The van der Waals surface area contributed by atoms with Gasteiger partial charge in [0.05, 0.1) is 94.2 Å². The minimum atomic E-state index is -1.03. The Morgan fingerprint density at radius 2 is 1.03 bits per heavy atom. The number of aromatic nitrogens is 4. The zero-order valence-corrected chi connectivity index (χ0v) is 47.1. The third kappa shape index (κ3) is 28.3. The van der Waals surface area contributed by atoms with Crippen molar-refractivity contribution < 1.29 is 67.6 Å². The predicted molar refractivity (Wildman–Crippen MR) is 285 cm³/mol. The molecule has 1 saturated heterocycles. The number of carboxylic acid groups (broad SMARTS) is 1. The van der Waals surface area contributed by atoms with Crippen LogP contribution in [0.15, 0.2) is 51.4 Å². The van der Waals surface area contributed by atoms with Crippen molar-refractivity contribution >= 4 is 111 Å². The van der Waals surface area contributed by atoms with E-state index in [4.69, 9.17) is 54.1 Å². The standard InChI is InChI=1S/C10H9ClN2O3S.C10H10N2O3S.C9H7ClN2O3S.C7H6N2OS.C4H9NO.C3H5BrO2.CH4.Li.H2O/c1-5-6(3-12)10(13-9(15)8(5)11)17-4-7(14)16-2;1-6-3-8(13)12-10(7(6)4-11)16-5-9(14)15-2;1-4-5(2-11)9(16-3-6(13)14)12-8(15)7(4)10;1-4-2-6(10)9-7(11)5(4)3-8;1-3-6-4-2-5-1;1-6-3(5)2-4;;;/h4H2,1-2H3,(H,13,15);3H,5H2,1-2H3,(H,12,13);3H2,1H3,(H,12,15)(H,13,14);2H,1H3,(H2,9,10,11);5H,1-4H2;2H2,1H3;1H4;;1H2/q;;;;;;;+1;/p-1. The molecule has 1 aliphatic heterocycles. The van der Waals surface area contributed by atoms with Crippen LogP contribution in [-0.2, 0) is 38.1 Å². The fourth-order valence-corrected chi connectivity index (χ4v) is 8.05. The van der Waals surface area contributed by atoms with Crippen LogP contribution in [0.25, 0.3) is 0 Å². The van der Waals surface area contributed by atoms with Crippen molar-refractivity contribution in [1.29, 1.82) is 21.0 Å². The molecule has 402 valence electrons. The fraction of sp³-hybridized carbons (Fsp3) is 0.364. The van der Waals surface area contributed by atoms with Crippen LogP contribution in [0.2, 0.25) is 10.0 Å². The van der Waals surface area contributed by atoms with Crippen molar-refractivity contribution in [1.82, 2.24) is 25.3 Å². The SMILES string of the molecule is C.C1COCCN1.COC(=O)CBr.COC(=O)CSc1[nH]c(=O)c(Cl)c(C)c1C#N.COC(=O)CSc1[nH]c(=O)cc(C)c1C#N.Cc1c(C#N)c(SCC(=O)O)[nH]c(=O)c1Cl.Cc1cc(=O)[nH]c(S)c1C#N.[Li+].[OH-]. The second kappa shape index (κ2) is 41.8. The van der Waals surface area contributed by atoms with E-state index < -0.39 is 29.0 Å². The first-order chi connectivity index (χ1) is 34.0. The minimum Gasteiger partial charge on any atom is -0.870 e. The van der Waals surface area contributed by atoms with Gasteiger partial charge in [-0.25, -0.2) is 0 Å². The maximum atomic E-state index is 11.4. The Morgan fingerprint density at radius 1 is 0.667 bits per heavy atom. The number of esters is 3. The maximum Gasteiger partial charge on any atom is 1.00 e. The number of thiol groups is 1. The van der Waals surface area contributed by atoms with Crippen LogP contribution in [0, 0.1) is 73.0 Å². The molecule has 23 nitrogen and oxygen atoms in total. The van der Waals surface area contributed by atoms with E-state index in [2.05, 4.69) is 68.0 Å². The Morgan fingerprint density at radius 3 is 1.32 bits per heavy atom. The molecule has 0 saturated carbocycles. The number of carbonyl (C=O) groups excluding carboxylic acids is 3. The number of carboxylic acids is 1. The molecular weight excluding hydrogens is 1160 g/mol. The van der Waals surface area contributed by atoms with Gasteiger partial charge in [0.15, 0.2) is 0 Å². The number of aliphatic carboxylic acids is 1. The molecule has 0 atom stereocenters. The van der Waals surface area contributed by atoms with Crippen LogP contribution >= 0.6 is 87.0 Å². The Labute approximate surface area is 479 Å². The fourth-order valence-electron chi connectivity index (χ4n) is 4.63. The number of carbonyl (C=O) groups is 4. The topological polar surface area (TPSA) is 394 Å². The number of ether oxygens (including phenoxy) is 4. The Bertz CT molecular complexity index is 2920. The summed E-state index contributed by atoms with van der Waals surface area (Å²) in [7, 11) is 3.90. The van der Waals surface area contributed by atoms with Gasteiger partial charge in [-0.2, -0.15) is 21.0 Å². The van der Waals surface area contributed by atoms with Crippen molar-refractivity contribution in [3.63, 3.8) is 0 Å². The number of nitrogens with one attached hydrogen (secondary N) is 5. The van der Waals surface area contributed by atoms with Crippen LogP contribution in [0.4, 0.5) is 0 Å². The molecule has 31 heteroatoms. The molecule has 4 aromatic rings. The van der Waals surface area contributed by atoms with Crippen LogP contribution in [-0.4, -0.2) is 125 Å². The smallest absolute Gasteiger partial charge is 0.870 e. The van der Waals surface area contributed by atoms with Crippen LogP contribution in [0.1, 0.15) is 51.9 Å². The van der Waals surface area contributed by atoms with Crippen LogP contribution in [0.3, 0.4) is 0 Å². The molecule has 1 aliphatic rings. The molecule has 0 bridgehead atoms. The third-order valence-corrected chi connectivity index (χ3v) is 12.9. The van der Waals surface area contributed by atoms with Gasteiger partial charge in [-0.3, -0.25) is 38.4 Å². The molecule has 5 rings (SSSR count).